The fraction of sp³-hybridized carbons (Fsp3) is 0.632. The summed E-state index contributed by atoms with van der Waals surface area (Å²) in [4.78, 5) is 17.0. The number of anilines is 1. The van der Waals surface area contributed by atoms with Gasteiger partial charge in [0, 0.05) is 37.8 Å². The van der Waals surface area contributed by atoms with E-state index in [0.29, 0.717) is 19.0 Å². The number of hydrogen-bond acceptors (Lipinski definition) is 3. The number of para-hydroxylation sites is 1. The Labute approximate surface area is 139 Å². The summed E-state index contributed by atoms with van der Waals surface area (Å²) >= 11 is 0. The Bertz CT molecular complexity index is 573. The third-order valence-electron chi connectivity index (χ3n) is 5.63. The Morgan fingerprint density at radius 1 is 1.39 bits per heavy atom. The van der Waals surface area contributed by atoms with Gasteiger partial charge in [-0.2, -0.15) is 0 Å². The molecule has 0 bridgehead atoms. The Morgan fingerprint density at radius 2 is 2.17 bits per heavy atom. The van der Waals surface area contributed by atoms with E-state index in [1.807, 2.05) is 4.90 Å². The molecule has 2 unspecified atom stereocenters. The minimum atomic E-state index is 0.112. The first-order valence-corrected chi connectivity index (χ1v) is 8.85. The van der Waals surface area contributed by atoms with Crippen LogP contribution in [0, 0.1) is 5.41 Å². The summed E-state index contributed by atoms with van der Waals surface area (Å²) in [5.74, 6) is 0.275. The highest BCUT2D eigenvalue weighted by Gasteiger charge is 2.35. The lowest BCUT2D eigenvalue weighted by atomic mass is 9.90. The molecular weight excluding hydrogens is 286 g/mol. The molecule has 1 amide bonds. The molecule has 1 aromatic carbocycles. The Morgan fingerprint density at radius 3 is 2.91 bits per heavy atom. The van der Waals surface area contributed by atoms with Gasteiger partial charge in [-0.25, -0.2) is 0 Å². The lowest BCUT2D eigenvalue weighted by Crippen LogP contribution is -2.41. The van der Waals surface area contributed by atoms with Gasteiger partial charge in [-0.05, 0) is 49.8 Å². The number of carbonyl (C=O) groups excluding carboxylic acids is 1. The highest BCUT2D eigenvalue weighted by atomic mass is 16.2. The molecule has 1 saturated heterocycles. The van der Waals surface area contributed by atoms with Crippen molar-refractivity contribution < 1.29 is 4.79 Å². The van der Waals surface area contributed by atoms with E-state index in [2.05, 4.69) is 43.0 Å². The SMILES string of the molecule is CC1CCc2ccccc2N1CCC(=O)N1CCC(C)(CN)C1. The van der Waals surface area contributed by atoms with Gasteiger partial charge in [-0.1, -0.05) is 25.1 Å². The predicted molar refractivity (Wildman–Crippen MR) is 94.5 cm³/mol. The van der Waals surface area contributed by atoms with Crippen molar-refractivity contribution in [1.82, 2.24) is 4.90 Å². The molecule has 4 nitrogen and oxygen atoms in total. The van der Waals surface area contributed by atoms with Crippen molar-refractivity contribution in [2.75, 3.05) is 31.1 Å². The van der Waals surface area contributed by atoms with Gasteiger partial charge in [-0.15, -0.1) is 0 Å². The summed E-state index contributed by atoms with van der Waals surface area (Å²) < 4.78 is 0. The van der Waals surface area contributed by atoms with Crippen LogP contribution >= 0.6 is 0 Å². The van der Waals surface area contributed by atoms with Crippen LogP contribution in [0.2, 0.25) is 0 Å². The van der Waals surface area contributed by atoms with E-state index < -0.39 is 0 Å². The molecule has 2 N–H and O–H groups in total. The molecule has 0 saturated carbocycles. The molecule has 2 aliphatic rings. The van der Waals surface area contributed by atoms with Crippen LogP contribution in [0.15, 0.2) is 24.3 Å². The zero-order chi connectivity index (χ0) is 16.4. The summed E-state index contributed by atoms with van der Waals surface area (Å²) in [5.41, 5.74) is 8.68. The van der Waals surface area contributed by atoms with Crippen LogP contribution < -0.4 is 10.6 Å². The quantitative estimate of drug-likeness (QED) is 0.928. The number of likely N-dealkylation sites (tertiary alicyclic amines) is 1. The molecule has 2 aliphatic heterocycles. The van der Waals surface area contributed by atoms with Crippen LogP contribution in [-0.4, -0.2) is 43.0 Å². The van der Waals surface area contributed by atoms with Crippen molar-refractivity contribution in [2.45, 2.75) is 45.6 Å². The lowest BCUT2D eigenvalue weighted by molar-refractivity contribution is -0.130. The number of nitrogens with two attached hydrogens (primary N) is 1. The van der Waals surface area contributed by atoms with Crippen molar-refractivity contribution in [3.63, 3.8) is 0 Å². The normalized spacial score (nSPS) is 27.2. The van der Waals surface area contributed by atoms with Crippen molar-refractivity contribution in [3.05, 3.63) is 29.8 Å². The van der Waals surface area contributed by atoms with E-state index in [1.54, 1.807) is 0 Å². The molecule has 2 heterocycles. The molecule has 3 rings (SSSR count). The van der Waals surface area contributed by atoms with Crippen LogP contribution in [0.3, 0.4) is 0 Å². The summed E-state index contributed by atoms with van der Waals surface area (Å²) in [6.07, 6.45) is 3.93. The number of nitrogens with zero attached hydrogens (tertiary/aromatic N) is 2. The Hall–Kier alpha value is -1.55. The second-order valence-corrected chi connectivity index (χ2v) is 7.54. The van der Waals surface area contributed by atoms with Gasteiger partial charge in [-0.3, -0.25) is 4.79 Å². The average molecular weight is 315 g/mol. The fourth-order valence-corrected chi connectivity index (χ4v) is 3.88. The monoisotopic (exact) mass is 315 g/mol. The number of aryl methyl sites for hydroxylation is 1. The Balaban J connectivity index is 1.61. The standard InChI is InChI=1S/C19H29N3O/c1-15-7-8-16-5-3-4-6-17(16)22(15)11-9-18(23)21-12-10-19(2,13-20)14-21/h3-6,15H,7-14,20H2,1-2H3. The second-order valence-electron chi connectivity index (χ2n) is 7.54. The smallest absolute Gasteiger partial charge is 0.224 e. The maximum absolute atomic E-state index is 12.6. The van der Waals surface area contributed by atoms with Gasteiger partial charge < -0.3 is 15.5 Å². The van der Waals surface area contributed by atoms with Crippen molar-refractivity contribution >= 4 is 11.6 Å². The van der Waals surface area contributed by atoms with Crippen molar-refractivity contribution in [3.8, 4) is 0 Å². The molecule has 1 fully saturated rings. The molecule has 0 spiro atoms. The number of carbonyl (C=O) groups is 1. The highest BCUT2D eigenvalue weighted by molar-refractivity contribution is 5.77. The lowest BCUT2D eigenvalue weighted by Gasteiger charge is -2.37. The van der Waals surface area contributed by atoms with Crippen molar-refractivity contribution in [2.24, 2.45) is 11.1 Å². The number of fused-ring (bicyclic) bond motifs is 1. The van der Waals surface area contributed by atoms with E-state index in [0.717, 1.165) is 32.5 Å². The van der Waals surface area contributed by atoms with Gasteiger partial charge in [0.1, 0.15) is 0 Å². The largest absolute Gasteiger partial charge is 0.368 e. The highest BCUT2D eigenvalue weighted by Crippen LogP contribution is 2.31. The van der Waals surface area contributed by atoms with Crippen LogP contribution in [-0.2, 0) is 11.2 Å². The number of amides is 1. The van der Waals surface area contributed by atoms with Gasteiger partial charge in [0.15, 0.2) is 0 Å². The van der Waals surface area contributed by atoms with E-state index >= 15 is 0 Å². The van der Waals surface area contributed by atoms with Crippen LogP contribution in [0.4, 0.5) is 5.69 Å². The van der Waals surface area contributed by atoms with E-state index in [-0.39, 0.29) is 11.3 Å². The Kier molecular flexibility index (Phi) is 4.62. The molecular formula is C19H29N3O. The van der Waals surface area contributed by atoms with Gasteiger partial charge >= 0.3 is 0 Å². The molecule has 4 heteroatoms. The molecule has 126 valence electrons. The first-order valence-electron chi connectivity index (χ1n) is 8.85. The summed E-state index contributed by atoms with van der Waals surface area (Å²) in [6, 6.07) is 9.11. The molecule has 0 aromatic heterocycles. The third kappa shape index (κ3) is 3.37. The van der Waals surface area contributed by atoms with Crippen molar-refractivity contribution in [1.29, 1.82) is 0 Å². The molecule has 2 atom stereocenters. The topological polar surface area (TPSA) is 49.6 Å². The maximum Gasteiger partial charge on any atom is 0.224 e. The van der Waals surface area contributed by atoms with Gasteiger partial charge in [0.05, 0.1) is 0 Å². The summed E-state index contributed by atoms with van der Waals surface area (Å²) in [5, 5.41) is 0. The first kappa shape index (κ1) is 16.3. The second kappa shape index (κ2) is 6.52. The summed E-state index contributed by atoms with van der Waals surface area (Å²) in [6.45, 7) is 7.60. The maximum atomic E-state index is 12.6. The summed E-state index contributed by atoms with van der Waals surface area (Å²) in [7, 11) is 0. The zero-order valence-electron chi connectivity index (χ0n) is 14.4. The zero-order valence-corrected chi connectivity index (χ0v) is 14.4. The minimum absolute atomic E-state index is 0.112. The van der Waals surface area contributed by atoms with E-state index in [4.69, 9.17) is 5.73 Å². The third-order valence-corrected chi connectivity index (χ3v) is 5.63. The minimum Gasteiger partial charge on any atom is -0.368 e. The number of hydrogen-bond donors (Lipinski definition) is 1. The average Bonchev–Trinajstić information content (AvgIpc) is 2.97. The van der Waals surface area contributed by atoms with Crippen LogP contribution in [0.25, 0.3) is 0 Å². The van der Waals surface area contributed by atoms with E-state index in [1.165, 1.54) is 17.7 Å². The number of rotatable bonds is 4. The predicted octanol–water partition coefficient (Wildman–Crippen LogP) is 2.42. The molecule has 0 radical (unpaired) electrons. The van der Waals surface area contributed by atoms with Gasteiger partial charge in [0.25, 0.3) is 0 Å². The molecule has 1 aromatic rings. The first-order chi connectivity index (χ1) is 11.0. The van der Waals surface area contributed by atoms with Gasteiger partial charge in [0.2, 0.25) is 5.91 Å². The van der Waals surface area contributed by atoms with Crippen LogP contribution in [0.1, 0.15) is 38.7 Å². The molecule has 23 heavy (non-hydrogen) atoms. The van der Waals surface area contributed by atoms with E-state index in [9.17, 15) is 4.79 Å². The number of benzene rings is 1. The van der Waals surface area contributed by atoms with Crippen LogP contribution in [0.5, 0.6) is 0 Å². The fourth-order valence-electron chi connectivity index (χ4n) is 3.88. The molecule has 0 aliphatic carbocycles.